The van der Waals surface area contributed by atoms with Crippen LogP contribution in [0.3, 0.4) is 0 Å². The second kappa shape index (κ2) is 7.62. The largest absolute Gasteiger partial charge is 0.317 e. The Bertz CT molecular complexity index is 804. The minimum absolute atomic E-state index is 0. The highest BCUT2D eigenvalue weighted by Crippen LogP contribution is 2.58. The molecule has 1 amide bonds. The lowest BCUT2D eigenvalue weighted by molar-refractivity contribution is -0.118. The molecule has 0 radical (unpaired) electrons. The first kappa shape index (κ1) is 19.3. The smallest absolute Gasteiger partial charge is 0.229 e. The maximum atomic E-state index is 13.8. The molecular formula is C19H23ClFN3OS. The van der Waals surface area contributed by atoms with Crippen LogP contribution < -0.4 is 10.6 Å². The van der Waals surface area contributed by atoms with Gasteiger partial charge in [0.05, 0.1) is 5.69 Å². The van der Waals surface area contributed by atoms with Crippen LogP contribution in [0.4, 0.5) is 9.52 Å². The molecule has 0 bridgehead atoms. The van der Waals surface area contributed by atoms with Crippen molar-refractivity contribution in [1.82, 2.24) is 10.3 Å². The first-order chi connectivity index (χ1) is 12.1. The Labute approximate surface area is 163 Å². The molecule has 2 fully saturated rings. The highest BCUT2D eigenvalue weighted by Gasteiger charge is 2.57. The fourth-order valence-corrected chi connectivity index (χ4v) is 4.84. The van der Waals surface area contributed by atoms with Crippen LogP contribution in [0.2, 0.25) is 0 Å². The Hall–Kier alpha value is -1.50. The number of hydrogen-bond acceptors (Lipinski definition) is 4. The monoisotopic (exact) mass is 395 g/mol. The maximum absolute atomic E-state index is 13.8. The lowest BCUT2D eigenvalue weighted by Gasteiger charge is -2.22. The van der Waals surface area contributed by atoms with Crippen molar-refractivity contribution in [2.24, 2.45) is 11.3 Å². The van der Waals surface area contributed by atoms with E-state index >= 15 is 0 Å². The molecule has 1 saturated carbocycles. The van der Waals surface area contributed by atoms with Gasteiger partial charge in [0.15, 0.2) is 5.13 Å². The van der Waals surface area contributed by atoms with E-state index in [1.54, 1.807) is 12.1 Å². The lowest BCUT2D eigenvalue weighted by atomic mass is 9.92. The predicted molar refractivity (Wildman–Crippen MR) is 105 cm³/mol. The van der Waals surface area contributed by atoms with Gasteiger partial charge < -0.3 is 10.6 Å². The number of hydrogen-bond donors (Lipinski definition) is 2. The summed E-state index contributed by atoms with van der Waals surface area (Å²) in [4.78, 5) is 18.0. The van der Waals surface area contributed by atoms with Gasteiger partial charge in [-0.1, -0.05) is 18.2 Å². The van der Waals surface area contributed by atoms with Gasteiger partial charge in [0.2, 0.25) is 5.91 Å². The zero-order valence-corrected chi connectivity index (χ0v) is 16.3. The minimum atomic E-state index is -0.202. The van der Waals surface area contributed by atoms with Crippen molar-refractivity contribution in [1.29, 1.82) is 0 Å². The number of rotatable bonds is 4. The first-order valence-corrected chi connectivity index (χ1v) is 9.60. The van der Waals surface area contributed by atoms with Gasteiger partial charge in [0.25, 0.3) is 0 Å². The number of carbonyl (C=O) groups excluding carboxylic acids is 1. The number of piperidine rings is 1. The van der Waals surface area contributed by atoms with Crippen LogP contribution in [0.15, 0.2) is 24.3 Å². The van der Waals surface area contributed by atoms with Crippen LogP contribution in [0, 0.1) is 24.1 Å². The normalized spacial score (nSPS) is 20.5. The third kappa shape index (κ3) is 3.77. The zero-order valence-electron chi connectivity index (χ0n) is 14.7. The van der Waals surface area contributed by atoms with Crippen LogP contribution in [0.25, 0.3) is 0 Å². The summed E-state index contributed by atoms with van der Waals surface area (Å²) < 4.78 is 13.8. The molecule has 1 aromatic heterocycles. The molecule has 1 spiro atoms. The molecule has 1 saturated heterocycles. The molecule has 4 rings (SSSR count). The van der Waals surface area contributed by atoms with Crippen LogP contribution in [0.1, 0.15) is 35.4 Å². The molecule has 26 heavy (non-hydrogen) atoms. The number of amides is 1. The first-order valence-electron chi connectivity index (χ1n) is 8.79. The summed E-state index contributed by atoms with van der Waals surface area (Å²) in [6, 6.07) is 6.79. The molecular weight excluding hydrogens is 373 g/mol. The third-order valence-corrected chi connectivity index (χ3v) is 6.61. The Morgan fingerprint density at radius 2 is 2.12 bits per heavy atom. The molecule has 4 nitrogen and oxygen atoms in total. The molecule has 2 heterocycles. The van der Waals surface area contributed by atoms with Crippen molar-refractivity contribution in [2.75, 3.05) is 18.4 Å². The Morgan fingerprint density at radius 1 is 1.38 bits per heavy atom. The molecule has 7 heteroatoms. The van der Waals surface area contributed by atoms with Gasteiger partial charge in [0, 0.05) is 17.2 Å². The van der Waals surface area contributed by atoms with Gasteiger partial charge in [-0.25, -0.2) is 9.37 Å². The number of anilines is 1. The molecule has 1 atom stereocenters. The molecule has 1 unspecified atom stereocenters. The highest BCUT2D eigenvalue weighted by molar-refractivity contribution is 7.15. The van der Waals surface area contributed by atoms with Crippen molar-refractivity contribution in [3.05, 3.63) is 46.2 Å². The van der Waals surface area contributed by atoms with E-state index in [4.69, 9.17) is 0 Å². The number of thiazole rings is 1. The van der Waals surface area contributed by atoms with Crippen molar-refractivity contribution in [2.45, 2.75) is 32.6 Å². The van der Waals surface area contributed by atoms with Gasteiger partial charge in [-0.15, -0.1) is 23.7 Å². The standard InChI is InChI=1S/C19H22FN3OS.ClH/c1-12-16(10-13-4-2-3-5-15(13)20)25-18(22-12)23-17(24)14-11-19(14)6-8-21-9-7-19;/h2-5,14,21H,6-11H2,1H3,(H,22,23,24);1H. The van der Waals surface area contributed by atoms with Crippen molar-refractivity contribution >= 4 is 34.8 Å². The number of carbonyl (C=O) groups is 1. The third-order valence-electron chi connectivity index (χ3n) is 5.54. The van der Waals surface area contributed by atoms with Crippen LogP contribution in [-0.2, 0) is 11.2 Å². The Morgan fingerprint density at radius 3 is 2.85 bits per heavy atom. The number of halogens is 2. The summed E-state index contributed by atoms with van der Waals surface area (Å²) in [5, 5.41) is 6.98. The van der Waals surface area contributed by atoms with E-state index in [9.17, 15) is 9.18 Å². The molecule has 2 N–H and O–H groups in total. The second-order valence-corrected chi connectivity index (χ2v) is 8.24. The number of nitrogens with zero attached hydrogens (tertiary/aromatic N) is 1. The molecule has 1 aromatic carbocycles. The van der Waals surface area contributed by atoms with Gasteiger partial charge >= 0.3 is 0 Å². The van der Waals surface area contributed by atoms with E-state index < -0.39 is 0 Å². The van der Waals surface area contributed by atoms with Crippen molar-refractivity contribution in [3.63, 3.8) is 0 Å². The fraction of sp³-hybridized carbons (Fsp3) is 0.474. The molecule has 2 aliphatic rings. The molecule has 1 aliphatic carbocycles. The van der Waals surface area contributed by atoms with Gasteiger partial charge in [-0.2, -0.15) is 0 Å². The predicted octanol–water partition coefficient (Wildman–Crippen LogP) is 3.93. The summed E-state index contributed by atoms with van der Waals surface area (Å²) in [6.45, 7) is 3.92. The lowest BCUT2D eigenvalue weighted by Crippen LogP contribution is -2.31. The highest BCUT2D eigenvalue weighted by atomic mass is 35.5. The maximum Gasteiger partial charge on any atom is 0.229 e. The summed E-state index contributed by atoms with van der Waals surface area (Å²) in [5.74, 6) is 0.00799. The summed E-state index contributed by atoms with van der Waals surface area (Å²) >= 11 is 1.45. The number of aryl methyl sites for hydroxylation is 1. The van der Waals surface area contributed by atoms with Crippen LogP contribution >= 0.6 is 23.7 Å². The molecule has 2 aromatic rings. The SMILES string of the molecule is Cc1nc(NC(=O)C2CC23CCNCC3)sc1Cc1ccccc1F.Cl. The summed E-state index contributed by atoms with van der Waals surface area (Å²) in [6.07, 6.45) is 3.67. The van der Waals surface area contributed by atoms with Gasteiger partial charge in [0.1, 0.15) is 5.82 Å². The van der Waals surface area contributed by atoms with E-state index in [1.807, 2.05) is 13.0 Å². The van der Waals surface area contributed by atoms with Crippen molar-refractivity contribution < 1.29 is 9.18 Å². The average Bonchev–Trinajstić information content (AvgIpc) is 3.18. The van der Waals surface area contributed by atoms with E-state index in [1.165, 1.54) is 17.4 Å². The van der Waals surface area contributed by atoms with E-state index in [0.29, 0.717) is 17.1 Å². The number of benzene rings is 1. The molecule has 1 aliphatic heterocycles. The van der Waals surface area contributed by atoms with E-state index in [2.05, 4.69) is 15.6 Å². The Balaban J connectivity index is 0.00000196. The quantitative estimate of drug-likeness (QED) is 0.824. The average molecular weight is 396 g/mol. The summed E-state index contributed by atoms with van der Waals surface area (Å²) in [5.41, 5.74) is 1.73. The summed E-state index contributed by atoms with van der Waals surface area (Å²) in [7, 11) is 0. The fourth-order valence-electron chi connectivity index (χ4n) is 3.85. The van der Waals surface area contributed by atoms with E-state index in [-0.39, 0.29) is 35.5 Å². The molecule has 140 valence electrons. The second-order valence-electron chi connectivity index (χ2n) is 7.15. The topological polar surface area (TPSA) is 54.0 Å². The minimum Gasteiger partial charge on any atom is -0.317 e. The number of nitrogens with one attached hydrogen (secondary N) is 2. The van der Waals surface area contributed by atoms with Gasteiger partial charge in [-0.05, 0) is 56.3 Å². The number of aromatic nitrogens is 1. The van der Waals surface area contributed by atoms with Crippen LogP contribution in [0.5, 0.6) is 0 Å². The Kier molecular flexibility index (Phi) is 5.65. The van der Waals surface area contributed by atoms with Gasteiger partial charge in [-0.3, -0.25) is 4.79 Å². The van der Waals surface area contributed by atoms with E-state index in [0.717, 1.165) is 42.9 Å². The van der Waals surface area contributed by atoms with Crippen LogP contribution in [-0.4, -0.2) is 24.0 Å². The zero-order chi connectivity index (χ0) is 17.4. The van der Waals surface area contributed by atoms with Crippen molar-refractivity contribution in [3.8, 4) is 0 Å².